The van der Waals surface area contributed by atoms with Crippen molar-refractivity contribution in [2.75, 3.05) is 0 Å². The number of hydrogen-bond acceptors (Lipinski definition) is 3. The number of rotatable bonds is 1. The number of carboxylic acids is 1. The SMILES string of the molecule is N.O=C(O)c1cc(=O)cc(C(F)(F)F)[nH]1. The lowest BCUT2D eigenvalue weighted by atomic mass is 10.3. The molecular weight excluding hydrogens is 217 g/mol. The second-order valence-electron chi connectivity index (χ2n) is 2.45. The minimum absolute atomic E-state index is 0. The Morgan fingerprint density at radius 1 is 1.33 bits per heavy atom. The number of nitrogens with one attached hydrogen (secondary N) is 1. The summed E-state index contributed by atoms with van der Waals surface area (Å²) in [4.78, 5) is 22.6. The van der Waals surface area contributed by atoms with E-state index in [2.05, 4.69) is 0 Å². The van der Waals surface area contributed by atoms with Crippen molar-refractivity contribution < 1.29 is 23.1 Å². The van der Waals surface area contributed by atoms with Crippen LogP contribution in [-0.4, -0.2) is 16.1 Å². The Kier molecular flexibility index (Phi) is 3.63. The molecule has 1 aromatic rings. The third-order valence-corrected chi connectivity index (χ3v) is 1.38. The van der Waals surface area contributed by atoms with Gasteiger partial charge in [-0.05, 0) is 0 Å². The lowest BCUT2D eigenvalue weighted by molar-refractivity contribution is -0.141. The number of aromatic carboxylic acids is 1. The summed E-state index contributed by atoms with van der Waals surface area (Å²) in [5.41, 5.74) is -3.17. The van der Waals surface area contributed by atoms with Gasteiger partial charge in [0.15, 0.2) is 5.43 Å². The van der Waals surface area contributed by atoms with Gasteiger partial charge in [0.1, 0.15) is 11.4 Å². The molecule has 0 spiro atoms. The van der Waals surface area contributed by atoms with E-state index in [4.69, 9.17) is 5.11 Å². The van der Waals surface area contributed by atoms with Crippen LogP contribution in [0.3, 0.4) is 0 Å². The second kappa shape index (κ2) is 4.13. The summed E-state index contributed by atoms with van der Waals surface area (Å²) in [5.74, 6) is -1.62. The molecule has 15 heavy (non-hydrogen) atoms. The van der Waals surface area contributed by atoms with E-state index in [0.29, 0.717) is 12.1 Å². The Hall–Kier alpha value is -1.83. The second-order valence-corrected chi connectivity index (χ2v) is 2.45. The lowest BCUT2D eigenvalue weighted by Crippen LogP contribution is -2.17. The third kappa shape index (κ3) is 3.09. The summed E-state index contributed by atoms with van der Waals surface area (Å²) in [5, 5.41) is 8.36. The number of halogens is 3. The van der Waals surface area contributed by atoms with Crippen molar-refractivity contribution in [3.63, 3.8) is 0 Å². The van der Waals surface area contributed by atoms with Crippen LogP contribution in [0, 0.1) is 0 Å². The fraction of sp³-hybridized carbons (Fsp3) is 0.143. The lowest BCUT2D eigenvalue weighted by Gasteiger charge is -2.06. The summed E-state index contributed by atoms with van der Waals surface area (Å²) >= 11 is 0. The zero-order chi connectivity index (χ0) is 10.9. The van der Waals surface area contributed by atoms with Gasteiger partial charge in [-0.3, -0.25) is 4.79 Å². The van der Waals surface area contributed by atoms with Crippen molar-refractivity contribution in [1.29, 1.82) is 0 Å². The molecule has 0 amide bonds. The van der Waals surface area contributed by atoms with Gasteiger partial charge in [0.05, 0.1) is 0 Å². The first-order valence-electron chi connectivity index (χ1n) is 3.35. The van der Waals surface area contributed by atoms with Crippen LogP contribution >= 0.6 is 0 Å². The van der Waals surface area contributed by atoms with E-state index in [9.17, 15) is 22.8 Å². The van der Waals surface area contributed by atoms with E-state index in [0.717, 1.165) is 0 Å². The van der Waals surface area contributed by atoms with Crippen LogP contribution in [0.15, 0.2) is 16.9 Å². The first kappa shape index (κ1) is 13.2. The molecule has 0 aromatic carbocycles. The highest BCUT2D eigenvalue weighted by Crippen LogP contribution is 2.26. The summed E-state index contributed by atoms with van der Waals surface area (Å²) < 4.78 is 36.1. The first-order chi connectivity index (χ1) is 6.30. The van der Waals surface area contributed by atoms with E-state index >= 15 is 0 Å². The van der Waals surface area contributed by atoms with Gasteiger partial charge < -0.3 is 16.2 Å². The number of alkyl halides is 3. The standard InChI is InChI=1S/C7H4F3NO3.H3N/c8-7(9,10)5-2-3(12)1-4(11-5)6(13)14;/h1-2H,(H,11,12)(H,13,14);1H3. The van der Waals surface area contributed by atoms with E-state index in [1.807, 2.05) is 0 Å². The zero-order valence-corrected chi connectivity index (χ0v) is 7.26. The van der Waals surface area contributed by atoms with Crippen LogP contribution in [0.4, 0.5) is 13.2 Å². The maximum Gasteiger partial charge on any atom is 0.431 e. The molecule has 84 valence electrons. The van der Waals surface area contributed by atoms with Crippen molar-refractivity contribution in [1.82, 2.24) is 11.1 Å². The molecule has 8 heteroatoms. The number of carboxylic acid groups (broad SMARTS) is 1. The molecule has 0 fully saturated rings. The summed E-state index contributed by atoms with van der Waals surface area (Å²) in [7, 11) is 0. The molecule has 0 radical (unpaired) electrons. The first-order valence-corrected chi connectivity index (χ1v) is 3.35. The highest BCUT2D eigenvalue weighted by atomic mass is 19.4. The fourth-order valence-electron chi connectivity index (χ4n) is 0.811. The summed E-state index contributed by atoms with van der Waals surface area (Å²) in [6, 6.07) is 0.879. The van der Waals surface area contributed by atoms with Gasteiger partial charge >= 0.3 is 12.1 Å². The number of hydrogen-bond donors (Lipinski definition) is 3. The average Bonchev–Trinajstić information content (AvgIpc) is 2.01. The number of aromatic nitrogens is 1. The van der Waals surface area contributed by atoms with Gasteiger partial charge in [0.25, 0.3) is 0 Å². The number of H-pyrrole nitrogens is 1. The zero-order valence-electron chi connectivity index (χ0n) is 7.26. The topological polar surface area (TPSA) is 105 Å². The van der Waals surface area contributed by atoms with Crippen LogP contribution in [0.1, 0.15) is 16.2 Å². The average molecular weight is 224 g/mol. The van der Waals surface area contributed by atoms with Crippen molar-refractivity contribution in [3.05, 3.63) is 33.7 Å². The largest absolute Gasteiger partial charge is 0.477 e. The molecule has 0 aliphatic heterocycles. The Morgan fingerprint density at radius 3 is 2.27 bits per heavy atom. The Balaban J connectivity index is 0.00000196. The molecule has 5 nitrogen and oxygen atoms in total. The molecule has 0 bridgehead atoms. The molecule has 0 atom stereocenters. The highest BCUT2D eigenvalue weighted by molar-refractivity contribution is 5.85. The predicted molar refractivity (Wildman–Crippen MR) is 44.0 cm³/mol. The molecule has 1 heterocycles. The third-order valence-electron chi connectivity index (χ3n) is 1.38. The quantitative estimate of drug-likeness (QED) is 0.667. The Morgan fingerprint density at radius 2 is 1.87 bits per heavy atom. The van der Waals surface area contributed by atoms with Gasteiger partial charge in [-0.2, -0.15) is 13.2 Å². The van der Waals surface area contributed by atoms with Crippen molar-refractivity contribution in [2.45, 2.75) is 6.18 Å². The predicted octanol–water partition coefficient (Wildman–Crippen LogP) is 1.25. The molecule has 0 saturated heterocycles. The summed E-state index contributed by atoms with van der Waals surface area (Å²) in [6.07, 6.45) is -4.76. The molecule has 0 aliphatic carbocycles. The highest BCUT2D eigenvalue weighted by Gasteiger charge is 2.32. The van der Waals surface area contributed by atoms with Crippen molar-refractivity contribution in [3.8, 4) is 0 Å². The Bertz CT molecular complexity index is 424. The normalized spacial score (nSPS) is 10.6. The van der Waals surface area contributed by atoms with Crippen LogP contribution in [0.5, 0.6) is 0 Å². The molecule has 0 saturated carbocycles. The molecular formula is C7H7F3N2O3. The van der Waals surface area contributed by atoms with Crippen LogP contribution in [0.25, 0.3) is 0 Å². The smallest absolute Gasteiger partial charge is 0.431 e. The maximum atomic E-state index is 12.0. The van der Waals surface area contributed by atoms with Gasteiger partial charge in [-0.1, -0.05) is 0 Å². The van der Waals surface area contributed by atoms with E-state index in [1.165, 1.54) is 0 Å². The van der Waals surface area contributed by atoms with E-state index < -0.39 is 29.0 Å². The number of pyridine rings is 1. The monoisotopic (exact) mass is 224 g/mol. The number of aromatic amines is 1. The van der Waals surface area contributed by atoms with Gasteiger partial charge in [-0.25, -0.2) is 4.79 Å². The van der Waals surface area contributed by atoms with Crippen LogP contribution in [-0.2, 0) is 6.18 Å². The van der Waals surface area contributed by atoms with E-state index in [-0.39, 0.29) is 6.15 Å². The molecule has 1 rings (SSSR count). The van der Waals surface area contributed by atoms with Crippen LogP contribution in [0.2, 0.25) is 0 Å². The minimum Gasteiger partial charge on any atom is -0.477 e. The molecule has 0 unspecified atom stereocenters. The van der Waals surface area contributed by atoms with Gasteiger partial charge in [0, 0.05) is 12.1 Å². The van der Waals surface area contributed by atoms with Gasteiger partial charge in [-0.15, -0.1) is 0 Å². The molecule has 1 aromatic heterocycles. The van der Waals surface area contributed by atoms with Crippen LogP contribution < -0.4 is 11.6 Å². The van der Waals surface area contributed by atoms with Crippen molar-refractivity contribution in [2.24, 2.45) is 0 Å². The fourth-order valence-corrected chi connectivity index (χ4v) is 0.811. The Labute approximate surface area is 81.1 Å². The van der Waals surface area contributed by atoms with E-state index in [1.54, 1.807) is 4.98 Å². The summed E-state index contributed by atoms with van der Waals surface area (Å²) in [6.45, 7) is 0. The van der Waals surface area contributed by atoms with Crippen molar-refractivity contribution >= 4 is 5.97 Å². The van der Waals surface area contributed by atoms with Gasteiger partial charge in [0.2, 0.25) is 0 Å². The molecule has 5 N–H and O–H groups in total. The minimum atomic E-state index is -4.76. The molecule has 0 aliphatic rings. The number of carbonyl (C=O) groups is 1. The maximum absolute atomic E-state index is 12.0.